The first-order valence-corrected chi connectivity index (χ1v) is 5.10. The summed E-state index contributed by atoms with van der Waals surface area (Å²) in [6, 6.07) is 2.36. The quantitative estimate of drug-likeness (QED) is 0.601. The fourth-order valence-electron chi connectivity index (χ4n) is 1.16. The molecular weight excluding hydrogens is 243 g/mol. The number of hydrogen-bond donors (Lipinski definition) is 0. The normalized spacial score (nSPS) is 13.0. The molecular formula is C12H12F3N3. The second-order valence-corrected chi connectivity index (χ2v) is 3.53. The Morgan fingerprint density at radius 2 is 2.17 bits per heavy atom. The van der Waals surface area contributed by atoms with Gasteiger partial charge in [0.2, 0.25) is 0 Å². The maximum atomic E-state index is 12.3. The van der Waals surface area contributed by atoms with Gasteiger partial charge in [-0.1, -0.05) is 12.1 Å². The van der Waals surface area contributed by atoms with E-state index in [9.17, 15) is 13.2 Å². The predicted octanol–water partition coefficient (Wildman–Crippen LogP) is 3.28. The van der Waals surface area contributed by atoms with Crippen LogP contribution in [0.3, 0.4) is 0 Å². The fourth-order valence-corrected chi connectivity index (χ4v) is 1.16. The lowest BCUT2D eigenvalue weighted by atomic mass is 10.2. The van der Waals surface area contributed by atoms with Gasteiger partial charge in [0.25, 0.3) is 0 Å². The number of aliphatic imine (C=N–C) groups is 2. The largest absolute Gasteiger partial charge is 0.433 e. The van der Waals surface area contributed by atoms with E-state index in [2.05, 4.69) is 21.7 Å². The van der Waals surface area contributed by atoms with Gasteiger partial charge in [-0.15, -0.1) is 0 Å². The van der Waals surface area contributed by atoms with Crippen LogP contribution in [0.15, 0.2) is 40.1 Å². The van der Waals surface area contributed by atoms with Crippen LogP contribution in [0.2, 0.25) is 0 Å². The topological polar surface area (TPSA) is 37.6 Å². The molecule has 0 saturated heterocycles. The Morgan fingerprint density at radius 1 is 1.44 bits per heavy atom. The summed E-state index contributed by atoms with van der Waals surface area (Å²) in [6.45, 7) is 5.00. The monoisotopic (exact) mass is 255 g/mol. The van der Waals surface area contributed by atoms with Crippen molar-refractivity contribution in [2.45, 2.75) is 19.5 Å². The van der Waals surface area contributed by atoms with Gasteiger partial charge in [0.05, 0.1) is 0 Å². The van der Waals surface area contributed by atoms with Crippen LogP contribution in [-0.2, 0) is 12.6 Å². The molecule has 18 heavy (non-hydrogen) atoms. The number of alkyl halides is 3. The summed E-state index contributed by atoms with van der Waals surface area (Å²) in [5, 5.41) is 0. The molecule has 0 radical (unpaired) electrons. The molecule has 0 spiro atoms. The van der Waals surface area contributed by atoms with E-state index in [1.165, 1.54) is 18.6 Å². The lowest BCUT2D eigenvalue weighted by molar-refractivity contribution is -0.141. The van der Waals surface area contributed by atoms with Crippen LogP contribution in [-0.4, -0.2) is 18.0 Å². The van der Waals surface area contributed by atoms with E-state index in [-0.39, 0.29) is 0 Å². The molecule has 96 valence electrons. The maximum absolute atomic E-state index is 12.3. The van der Waals surface area contributed by atoms with Crippen molar-refractivity contribution in [3.63, 3.8) is 0 Å². The number of halogens is 3. The van der Waals surface area contributed by atoms with Crippen LogP contribution in [0.25, 0.3) is 0 Å². The highest BCUT2D eigenvalue weighted by Gasteiger charge is 2.31. The minimum atomic E-state index is -4.40. The standard InChI is InChI=1S/C12H12F3N3/c1-9(18-8-16-2)3-4-10-5-6-11(17-7-10)12(13,14)15/h3,5-8H,2,4H2,1H3. The fraction of sp³-hybridized carbons (Fsp3) is 0.250. The molecule has 0 atom stereocenters. The SMILES string of the molecule is C=NC=NC(C)=CCc1ccc(C(F)(F)F)nc1. The molecule has 0 fully saturated rings. The summed E-state index contributed by atoms with van der Waals surface area (Å²) in [6.07, 6.45) is 0.348. The lowest BCUT2D eigenvalue weighted by Crippen LogP contribution is -2.07. The maximum Gasteiger partial charge on any atom is 0.433 e. The van der Waals surface area contributed by atoms with Crippen molar-refractivity contribution >= 4 is 13.1 Å². The average Bonchev–Trinajstić information content (AvgIpc) is 2.33. The Hall–Kier alpha value is -1.98. The molecule has 0 aliphatic rings. The van der Waals surface area contributed by atoms with Crippen LogP contribution < -0.4 is 0 Å². The van der Waals surface area contributed by atoms with E-state index in [1.807, 2.05) is 0 Å². The summed E-state index contributed by atoms with van der Waals surface area (Å²) in [7, 11) is 0. The van der Waals surface area contributed by atoms with Gasteiger partial charge < -0.3 is 0 Å². The van der Waals surface area contributed by atoms with Crippen molar-refractivity contribution in [1.82, 2.24) is 4.98 Å². The lowest BCUT2D eigenvalue weighted by Gasteiger charge is -2.05. The van der Waals surface area contributed by atoms with Crippen LogP contribution >= 0.6 is 0 Å². The molecule has 0 unspecified atom stereocenters. The Kier molecular flexibility index (Phi) is 4.76. The van der Waals surface area contributed by atoms with Crippen LogP contribution in [0.4, 0.5) is 13.2 Å². The van der Waals surface area contributed by atoms with Gasteiger partial charge in [-0.2, -0.15) is 13.2 Å². The van der Waals surface area contributed by atoms with Crippen molar-refractivity contribution in [3.8, 4) is 0 Å². The summed E-state index contributed by atoms with van der Waals surface area (Å²) >= 11 is 0. The molecule has 1 heterocycles. The van der Waals surface area contributed by atoms with Crippen molar-refractivity contribution in [1.29, 1.82) is 0 Å². The first kappa shape index (κ1) is 14.1. The molecule has 6 heteroatoms. The number of nitrogens with zero attached hydrogens (tertiary/aromatic N) is 3. The minimum Gasteiger partial charge on any atom is -0.253 e. The van der Waals surface area contributed by atoms with Crippen molar-refractivity contribution in [2.75, 3.05) is 0 Å². The van der Waals surface area contributed by atoms with Crippen molar-refractivity contribution < 1.29 is 13.2 Å². The Bertz CT molecular complexity index is 458. The first-order valence-electron chi connectivity index (χ1n) is 5.10. The summed E-state index contributed by atoms with van der Waals surface area (Å²) in [4.78, 5) is 10.7. The van der Waals surface area contributed by atoms with E-state index in [0.717, 1.165) is 6.07 Å². The molecule has 0 aliphatic heterocycles. The summed E-state index contributed by atoms with van der Waals surface area (Å²) in [5.41, 5.74) is 0.507. The van der Waals surface area contributed by atoms with Gasteiger partial charge in [-0.05, 0) is 31.7 Å². The van der Waals surface area contributed by atoms with Crippen LogP contribution in [0.1, 0.15) is 18.2 Å². The van der Waals surface area contributed by atoms with Gasteiger partial charge >= 0.3 is 6.18 Å². The number of pyridine rings is 1. The molecule has 1 rings (SSSR count). The van der Waals surface area contributed by atoms with Gasteiger partial charge in [0, 0.05) is 11.9 Å². The minimum absolute atomic E-state index is 0.464. The zero-order valence-electron chi connectivity index (χ0n) is 9.78. The molecule has 0 aliphatic carbocycles. The van der Waals surface area contributed by atoms with E-state index in [0.29, 0.717) is 17.7 Å². The van der Waals surface area contributed by atoms with E-state index in [1.54, 1.807) is 13.0 Å². The number of hydrogen-bond acceptors (Lipinski definition) is 2. The highest BCUT2D eigenvalue weighted by atomic mass is 19.4. The smallest absolute Gasteiger partial charge is 0.253 e. The first-order chi connectivity index (χ1) is 8.43. The molecule has 1 aromatic rings. The second kappa shape index (κ2) is 6.09. The van der Waals surface area contributed by atoms with Gasteiger partial charge in [-0.25, -0.2) is 4.99 Å². The van der Waals surface area contributed by atoms with E-state index >= 15 is 0 Å². The highest BCUT2D eigenvalue weighted by molar-refractivity contribution is 5.63. The average molecular weight is 255 g/mol. The van der Waals surface area contributed by atoms with Gasteiger partial charge in [0.15, 0.2) is 0 Å². The van der Waals surface area contributed by atoms with Crippen LogP contribution in [0.5, 0.6) is 0 Å². The van der Waals surface area contributed by atoms with E-state index in [4.69, 9.17) is 0 Å². The van der Waals surface area contributed by atoms with Gasteiger partial charge in [0.1, 0.15) is 12.0 Å². The van der Waals surface area contributed by atoms with E-state index < -0.39 is 11.9 Å². The number of rotatable bonds is 4. The predicted molar refractivity (Wildman–Crippen MR) is 64.7 cm³/mol. The third-order valence-corrected chi connectivity index (χ3v) is 2.09. The number of allylic oxidation sites excluding steroid dienone is 2. The number of aromatic nitrogens is 1. The molecule has 3 nitrogen and oxygen atoms in total. The molecule has 1 aromatic heterocycles. The van der Waals surface area contributed by atoms with Crippen molar-refractivity contribution in [3.05, 3.63) is 41.4 Å². The molecule has 0 bridgehead atoms. The van der Waals surface area contributed by atoms with Crippen molar-refractivity contribution in [2.24, 2.45) is 9.98 Å². The Labute approximate surface area is 103 Å². The summed E-state index contributed by atoms with van der Waals surface area (Å²) in [5.74, 6) is 0. The molecule has 0 aromatic carbocycles. The van der Waals surface area contributed by atoms with Crippen LogP contribution in [0, 0.1) is 0 Å². The third kappa shape index (κ3) is 4.48. The highest BCUT2D eigenvalue weighted by Crippen LogP contribution is 2.27. The molecule has 0 saturated carbocycles. The second-order valence-electron chi connectivity index (χ2n) is 3.53. The Balaban J connectivity index is 2.70. The molecule has 0 amide bonds. The zero-order valence-corrected chi connectivity index (χ0v) is 9.78. The summed E-state index contributed by atoms with van der Waals surface area (Å²) < 4.78 is 36.8. The Morgan fingerprint density at radius 3 is 2.67 bits per heavy atom. The molecule has 0 N–H and O–H groups in total. The van der Waals surface area contributed by atoms with Gasteiger partial charge in [-0.3, -0.25) is 9.98 Å². The third-order valence-electron chi connectivity index (χ3n) is 2.09. The zero-order chi connectivity index (χ0) is 13.6.